The number of rotatable bonds is 7. The van der Waals surface area contributed by atoms with Crippen LogP contribution in [0.15, 0.2) is 42.5 Å². The number of nitro benzene ring substituents is 1. The summed E-state index contributed by atoms with van der Waals surface area (Å²) in [6, 6.07) is 10.8. The maximum atomic E-state index is 12.3. The van der Waals surface area contributed by atoms with Gasteiger partial charge in [0.25, 0.3) is 5.69 Å². The summed E-state index contributed by atoms with van der Waals surface area (Å²) in [6.45, 7) is 2.16. The van der Waals surface area contributed by atoms with Crippen LogP contribution >= 0.6 is 11.6 Å². The predicted molar refractivity (Wildman–Crippen MR) is 96.0 cm³/mol. The van der Waals surface area contributed by atoms with Gasteiger partial charge in [-0.15, -0.1) is 0 Å². The van der Waals surface area contributed by atoms with Crippen molar-refractivity contribution in [2.75, 3.05) is 12.4 Å². The molecule has 1 atom stereocenters. The molecule has 0 aliphatic heterocycles. The molecule has 0 aliphatic carbocycles. The van der Waals surface area contributed by atoms with Crippen LogP contribution in [0.25, 0.3) is 0 Å². The third kappa shape index (κ3) is 5.17. The monoisotopic (exact) mass is 363 g/mol. The van der Waals surface area contributed by atoms with Crippen molar-refractivity contribution in [3.05, 3.63) is 63.2 Å². The van der Waals surface area contributed by atoms with Crippen molar-refractivity contribution in [2.45, 2.75) is 19.5 Å². The van der Waals surface area contributed by atoms with E-state index in [1.807, 2.05) is 18.2 Å². The summed E-state index contributed by atoms with van der Waals surface area (Å²) in [5, 5.41) is 17.2. The molecule has 0 aromatic heterocycles. The van der Waals surface area contributed by atoms with E-state index in [2.05, 4.69) is 10.6 Å². The summed E-state index contributed by atoms with van der Waals surface area (Å²) in [4.78, 5) is 22.7. The predicted octanol–water partition coefficient (Wildman–Crippen LogP) is 3.37. The summed E-state index contributed by atoms with van der Waals surface area (Å²) in [7, 11) is 1.43. The third-order valence-electron chi connectivity index (χ3n) is 3.55. The topological polar surface area (TPSA) is 93.5 Å². The van der Waals surface area contributed by atoms with Crippen molar-refractivity contribution in [1.29, 1.82) is 0 Å². The van der Waals surface area contributed by atoms with E-state index in [0.29, 0.717) is 17.3 Å². The molecule has 0 bridgehead atoms. The number of amides is 1. The smallest absolute Gasteiger partial charge is 0.271 e. The molecule has 0 heterocycles. The van der Waals surface area contributed by atoms with Gasteiger partial charge in [-0.3, -0.25) is 14.9 Å². The minimum atomic E-state index is -0.532. The third-order valence-corrected chi connectivity index (χ3v) is 3.78. The summed E-state index contributed by atoms with van der Waals surface area (Å²) in [5.41, 5.74) is 1.06. The van der Waals surface area contributed by atoms with Crippen LogP contribution in [0.1, 0.15) is 12.5 Å². The lowest BCUT2D eigenvalue weighted by atomic mass is 10.2. The molecule has 0 unspecified atom stereocenters. The highest BCUT2D eigenvalue weighted by atomic mass is 35.5. The first-order valence-corrected chi connectivity index (χ1v) is 7.89. The van der Waals surface area contributed by atoms with Crippen LogP contribution in [0.4, 0.5) is 11.4 Å². The Morgan fingerprint density at radius 2 is 2.08 bits per heavy atom. The summed E-state index contributed by atoms with van der Waals surface area (Å²) in [6.07, 6.45) is 0. The van der Waals surface area contributed by atoms with E-state index in [0.717, 1.165) is 5.56 Å². The molecule has 7 nitrogen and oxygen atoms in total. The fourth-order valence-corrected chi connectivity index (χ4v) is 2.37. The summed E-state index contributed by atoms with van der Waals surface area (Å²) >= 11 is 5.93. The number of methoxy groups -OCH3 is 1. The second kappa shape index (κ2) is 8.46. The lowest BCUT2D eigenvalue weighted by Gasteiger charge is -2.15. The molecule has 132 valence electrons. The zero-order chi connectivity index (χ0) is 18.4. The zero-order valence-corrected chi connectivity index (χ0v) is 14.5. The van der Waals surface area contributed by atoms with E-state index in [1.165, 1.54) is 25.3 Å². The molecule has 2 rings (SSSR count). The molecule has 0 saturated heterocycles. The first-order valence-electron chi connectivity index (χ1n) is 7.52. The van der Waals surface area contributed by atoms with Gasteiger partial charge in [-0.1, -0.05) is 23.7 Å². The molecular formula is C17H18ClN3O4. The van der Waals surface area contributed by atoms with Gasteiger partial charge >= 0.3 is 0 Å². The number of non-ortho nitro benzene ring substituents is 1. The second-order valence-corrected chi connectivity index (χ2v) is 5.80. The minimum absolute atomic E-state index is 0.129. The van der Waals surface area contributed by atoms with Gasteiger partial charge in [0.1, 0.15) is 5.75 Å². The molecule has 0 spiro atoms. The summed E-state index contributed by atoms with van der Waals surface area (Å²) < 4.78 is 5.13. The average molecular weight is 364 g/mol. The van der Waals surface area contributed by atoms with Crippen molar-refractivity contribution in [3.8, 4) is 5.75 Å². The van der Waals surface area contributed by atoms with E-state index in [-0.39, 0.29) is 17.3 Å². The van der Waals surface area contributed by atoms with Gasteiger partial charge in [-0.25, -0.2) is 0 Å². The average Bonchev–Trinajstić information content (AvgIpc) is 2.59. The van der Waals surface area contributed by atoms with Gasteiger partial charge in [-0.2, -0.15) is 0 Å². The van der Waals surface area contributed by atoms with Crippen molar-refractivity contribution in [3.63, 3.8) is 0 Å². The maximum absolute atomic E-state index is 12.3. The molecule has 0 aliphatic rings. The number of nitrogens with zero attached hydrogens (tertiary/aromatic N) is 1. The lowest BCUT2D eigenvalue weighted by Crippen LogP contribution is -2.37. The molecule has 0 saturated carbocycles. The van der Waals surface area contributed by atoms with Gasteiger partial charge in [0.05, 0.1) is 23.8 Å². The van der Waals surface area contributed by atoms with E-state index >= 15 is 0 Å². The van der Waals surface area contributed by atoms with Gasteiger partial charge in [0.15, 0.2) is 0 Å². The number of benzene rings is 2. The van der Waals surface area contributed by atoms with E-state index in [9.17, 15) is 14.9 Å². The first kappa shape index (κ1) is 18.7. The fraction of sp³-hybridized carbons (Fsp3) is 0.235. The Morgan fingerprint density at radius 1 is 1.32 bits per heavy atom. The zero-order valence-electron chi connectivity index (χ0n) is 13.8. The molecule has 0 radical (unpaired) electrons. The van der Waals surface area contributed by atoms with Gasteiger partial charge in [0, 0.05) is 23.7 Å². The fourth-order valence-electron chi connectivity index (χ4n) is 2.16. The number of nitrogens with one attached hydrogen (secondary N) is 2. The normalized spacial score (nSPS) is 11.6. The maximum Gasteiger partial charge on any atom is 0.271 e. The Hall–Kier alpha value is -2.64. The highest BCUT2D eigenvalue weighted by molar-refractivity contribution is 6.30. The Morgan fingerprint density at radius 3 is 2.72 bits per heavy atom. The lowest BCUT2D eigenvalue weighted by molar-refractivity contribution is -0.384. The minimum Gasteiger partial charge on any atom is -0.495 e. The van der Waals surface area contributed by atoms with Crippen molar-refractivity contribution >= 4 is 28.9 Å². The number of anilines is 1. The van der Waals surface area contributed by atoms with E-state index < -0.39 is 11.0 Å². The highest BCUT2D eigenvalue weighted by Gasteiger charge is 2.17. The number of ether oxygens (including phenoxy) is 1. The number of halogens is 1. The standard InChI is InChI=1S/C17H18ClN3O4/c1-11(19-10-12-4-3-5-13(18)8-12)17(22)20-15-9-14(21(23)24)6-7-16(15)25-2/h3-9,11,19H,10H2,1-2H3,(H,20,22)/t11-/m1/s1. The molecule has 2 aromatic carbocycles. The van der Waals surface area contributed by atoms with E-state index in [1.54, 1.807) is 13.0 Å². The number of nitro groups is 1. The number of carbonyl (C=O) groups is 1. The highest BCUT2D eigenvalue weighted by Crippen LogP contribution is 2.28. The van der Waals surface area contributed by atoms with Crippen molar-refractivity contribution in [1.82, 2.24) is 5.32 Å². The second-order valence-electron chi connectivity index (χ2n) is 5.36. The van der Waals surface area contributed by atoms with Crippen molar-refractivity contribution in [2.24, 2.45) is 0 Å². The van der Waals surface area contributed by atoms with Crippen LogP contribution in [0.2, 0.25) is 5.02 Å². The van der Waals surface area contributed by atoms with Crippen LogP contribution < -0.4 is 15.4 Å². The quantitative estimate of drug-likeness (QED) is 0.581. The first-order chi connectivity index (χ1) is 11.9. The Balaban J connectivity index is 2.03. The SMILES string of the molecule is COc1ccc([N+](=O)[O-])cc1NC(=O)[C@@H](C)NCc1cccc(Cl)c1. The van der Waals surface area contributed by atoms with E-state index in [4.69, 9.17) is 16.3 Å². The van der Waals surface area contributed by atoms with Crippen molar-refractivity contribution < 1.29 is 14.5 Å². The van der Waals surface area contributed by atoms with Crippen LogP contribution in [0, 0.1) is 10.1 Å². The van der Waals surface area contributed by atoms with Gasteiger partial charge < -0.3 is 15.4 Å². The molecule has 2 N–H and O–H groups in total. The van der Waals surface area contributed by atoms with Crippen LogP contribution in [0.3, 0.4) is 0 Å². The Kier molecular flexibility index (Phi) is 6.32. The largest absolute Gasteiger partial charge is 0.495 e. The van der Waals surface area contributed by atoms with Crippen LogP contribution in [-0.4, -0.2) is 24.0 Å². The van der Waals surface area contributed by atoms with Crippen LogP contribution in [-0.2, 0) is 11.3 Å². The number of hydrogen-bond donors (Lipinski definition) is 2. The Bertz CT molecular complexity index is 782. The number of hydrogen-bond acceptors (Lipinski definition) is 5. The summed E-state index contributed by atoms with van der Waals surface area (Å²) in [5.74, 6) is 0.0156. The molecular weight excluding hydrogens is 346 g/mol. The van der Waals surface area contributed by atoms with Crippen LogP contribution in [0.5, 0.6) is 5.75 Å². The molecule has 1 amide bonds. The molecule has 25 heavy (non-hydrogen) atoms. The van der Waals surface area contributed by atoms with Gasteiger partial charge in [0.2, 0.25) is 5.91 Å². The molecule has 0 fully saturated rings. The number of carbonyl (C=O) groups excluding carboxylic acids is 1. The molecule has 2 aromatic rings. The van der Waals surface area contributed by atoms with Gasteiger partial charge in [-0.05, 0) is 30.7 Å². The molecule has 8 heteroatoms. The Labute approximate surface area is 150 Å².